The molecule has 0 aliphatic heterocycles. The summed E-state index contributed by atoms with van der Waals surface area (Å²) in [5.74, 6) is 0. The highest BCUT2D eigenvalue weighted by molar-refractivity contribution is 6.30. The van der Waals surface area contributed by atoms with Crippen LogP contribution in [0.15, 0.2) is 48.5 Å². The Hall–Kier alpha value is -1.64. The zero-order valence-corrected chi connectivity index (χ0v) is 12.9. The average Bonchev–Trinajstić information content (AvgIpc) is 2.51. The molecule has 0 aromatic heterocycles. The Morgan fingerprint density at radius 2 is 0.900 bits per heavy atom. The van der Waals surface area contributed by atoms with Gasteiger partial charge in [-0.2, -0.15) is 0 Å². The van der Waals surface area contributed by atoms with Gasteiger partial charge in [0.05, 0.1) is 0 Å². The molecule has 20 heavy (non-hydrogen) atoms. The summed E-state index contributed by atoms with van der Waals surface area (Å²) in [7, 11) is 0. The Morgan fingerprint density at radius 1 is 0.650 bits per heavy atom. The molecule has 106 valence electrons. The monoisotopic (exact) mass is 310 g/mol. The summed E-state index contributed by atoms with van der Waals surface area (Å²) in [6, 6.07) is 13.4. The Balaban J connectivity index is 0.000000321. The predicted molar refractivity (Wildman–Crippen MR) is 85.0 cm³/mol. The molecule has 0 N–H and O–H groups in total. The first-order valence-corrected chi connectivity index (χ1v) is 6.83. The van der Waals surface area contributed by atoms with Crippen molar-refractivity contribution in [3.05, 3.63) is 69.7 Å². The minimum absolute atomic E-state index is 0.652. The Labute approximate surface area is 129 Å². The molecule has 2 aromatic carbocycles. The lowest BCUT2D eigenvalue weighted by molar-refractivity contribution is 0.111. The van der Waals surface area contributed by atoms with Gasteiger partial charge < -0.3 is 0 Å². The van der Waals surface area contributed by atoms with E-state index >= 15 is 0 Å². The molecule has 0 amide bonds. The van der Waals surface area contributed by atoms with Crippen molar-refractivity contribution in [2.24, 2.45) is 0 Å². The number of halogens is 2. The number of benzene rings is 2. The Kier molecular flexibility index (Phi) is 10.3. The zero-order chi connectivity index (χ0) is 15.4. The van der Waals surface area contributed by atoms with E-state index in [0.717, 1.165) is 12.6 Å². The van der Waals surface area contributed by atoms with Gasteiger partial charge in [-0.15, -0.1) is 0 Å². The van der Waals surface area contributed by atoms with Crippen molar-refractivity contribution in [3.8, 4) is 0 Å². The Morgan fingerprint density at radius 3 is 1.10 bits per heavy atom. The van der Waals surface area contributed by atoms with Crippen molar-refractivity contribution >= 4 is 35.8 Å². The summed E-state index contributed by atoms with van der Waals surface area (Å²) in [4.78, 5) is 20.1. The van der Waals surface area contributed by atoms with Crippen molar-refractivity contribution in [3.63, 3.8) is 0 Å². The molecule has 2 rings (SSSR count). The maximum atomic E-state index is 10.1. The summed E-state index contributed by atoms with van der Waals surface area (Å²) in [5.41, 5.74) is 1.30. The molecule has 0 radical (unpaired) electrons. The van der Waals surface area contributed by atoms with Gasteiger partial charge in [-0.25, -0.2) is 0 Å². The van der Waals surface area contributed by atoms with Crippen LogP contribution in [-0.2, 0) is 0 Å². The van der Waals surface area contributed by atoms with Crippen LogP contribution >= 0.6 is 23.2 Å². The molecule has 2 aromatic rings. The summed E-state index contributed by atoms with van der Waals surface area (Å²) >= 11 is 11.1. The predicted octanol–water partition coefficient (Wildman–Crippen LogP) is 5.33. The van der Waals surface area contributed by atoms with Gasteiger partial charge in [-0.1, -0.05) is 61.3 Å². The first-order valence-electron chi connectivity index (χ1n) is 6.07. The fraction of sp³-hybridized carbons (Fsp3) is 0.125. The number of hydrogen-bond donors (Lipinski definition) is 0. The molecule has 0 aliphatic carbocycles. The van der Waals surface area contributed by atoms with Gasteiger partial charge in [-0.05, 0) is 24.3 Å². The van der Waals surface area contributed by atoms with E-state index in [1.54, 1.807) is 48.5 Å². The van der Waals surface area contributed by atoms with E-state index < -0.39 is 0 Å². The first kappa shape index (κ1) is 18.4. The second-order valence-corrected chi connectivity index (χ2v) is 4.21. The molecule has 2 nitrogen and oxygen atoms in total. The highest BCUT2D eigenvalue weighted by Crippen LogP contribution is 2.07. The number of aldehydes is 2. The van der Waals surface area contributed by atoms with E-state index in [0.29, 0.717) is 21.2 Å². The van der Waals surface area contributed by atoms with Crippen LogP contribution in [0.1, 0.15) is 34.6 Å². The fourth-order valence-electron chi connectivity index (χ4n) is 1.08. The molecule has 0 atom stereocenters. The highest BCUT2D eigenvalue weighted by atomic mass is 35.5. The summed E-state index contributed by atoms with van der Waals surface area (Å²) in [6.45, 7) is 4.00. The van der Waals surface area contributed by atoms with Crippen LogP contribution in [0.4, 0.5) is 0 Å². The van der Waals surface area contributed by atoms with Crippen molar-refractivity contribution in [1.29, 1.82) is 0 Å². The third kappa shape index (κ3) is 7.72. The molecule has 0 aliphatic rings. The van der Waals surface area contributed by atoms with Gasteiger partial charge in [0.15, 0.2) is 0 Å². The number of carbonyl (C=O) groups excluding carboxylic acids is 2. The van der Waals surface area contributed by atoms with Crippen LogP contribution in [0.2, 0.25) is 10.0 Å². The average molecular weight is 311 g/mol. The van der Waals surface area contributed by atoms with Gasteiger partial charge in [0.25, 0.3) is 0 Å². The number of rotatable bonds is 2. The van der Waals surface area contributed by atoms with E-state index in [2.05, 4.69) is 0 Å². The lowest BCUT2D eigenvalue weighted by Crippen LogP contribution is -1.74. The van der Waals surface area contributed by atoms with Gasteiger partial charge in [0.1, 0.15) is 12.6 Å². The van der Waals surface area contributed by atoms with E-state index in [9.17, 15) is 9.59 Å². The first-order chi connectivity index (χ1) is 9.65. The molecule has 0 spiro atoms. The largest absolute Gasteiger partial charge is 0.298 e. The van der Waals surface area contributed by atoms with E-state index in [1.165, 1.54) is 0 Å². The second kappa shape index (κ2) is 11.2. The van der Waals surface area contributed by atoms with Crippen LogP contribution in [0, 0.1) is 0 Å². The highest BCUT2D eigenvalue weighted by Gasteiger charge is 1.87. The smallest absolute Gasteiger partial charge is 0.150 e. The minimum atomic E-state index is 0.652. The molecule has 0 unspecified atom stereocenters. The van der Waals surface area contributed by atoms with Gasteiger partial charge in [0.2, 0.25) is 0 Å². The maximum Gasteiger partial charge on any atom is 0.150 e. The van der Waals surface area contributed by atoms with Gasteiger partial charge in [-0.3, -0.25) is 9.59 Å². The molecule has 4 heteroatoms. The molecular weight excluding hydrogens is 295 g/mol. The van der Waals surface area contributed by atoms with Crippen LogP contribution in [0.3, 0.4) is 0 Å². The SMILES string of the molecule is CC.O=Cc1ccc(Cl)cc1.O=Cc1ccc(Cl)cc1. The topological polar surface area (TPSA) is 34.1 Å². The van der Waals surface area contributed by atoms with E-state index in [1.807, 2.05) is 13.8 Å². The quantitative estimate of drug-likeness (QED) is 0.702. The summed E-state index contributed by atoms with van der Waals surface area (Å²) in [6.07, 6.45) is 1.58. The maximum absolute atomic E-state index is 10.1. The number of hydrogen-bond acceptors (Lipinski definition) is 2. The third-order valence-corrected chi connectivity index (χ3v) is 2.52. The molecule has 0 heterocycles. The second-order valence-electron chi connectivity index (χ2n) is 3.34. The summed E-state index contributed by atoms with van der Waals surface area (Å²) in [5, 5.41) is 1.31. The zero-order valence-electron chi connectivity index (χ0n) is 11.3. The lowest BCUT2D eigenvalue weighted by atomic mass is 10.2. The van der Waals surface area contributed by atoms with Gasteiger partial charge >= 0.3 is 0 Å². The Bertz CT molecular complexity index is 456. The van der Waals surface area contributed by atoms with Crippen molar-refractivity contribution in [2.45, 2.75) is 13.8 Å². The van der Waals surface area contributed by atoms with E-state index in [-0.39, 0.29) is 0 Å². The lowest BCUT2D eigenvalue weighted by Gasteiger charge is -1.87. The van der Waals surface area contributed by atoms with E-state index in [4.69, 9.17) is 23.2 Å². The van der Waals surface area contributed by atoms with Crippen molar-refractivity contribution < 1.29 is 9.59 Å². The van der Waals surface area contributed by atoms with Crippen LogP contribution in [0.5, 0.6) is 0 Å². The normalized spacial score (nSPS) is 8.40. The fourth-order valence-corrected chi connectivity index (χ4v) is 1.33. The molecule has 0 fully saturated rings. The van der Waals surface area contributed by atoms with Crippen LogP contribution in [0.25, 0.3) is 0 Å². The van der Waals surface area contributed by atoms with Gasteiger partial charge in [0, 0.05) is 21.2 Å². The van der Waals surface area contributed by atoms with Crippen molar-refractivity contribution in [1.82, 2.24) is 0 Å². The number of carbonyl (C=O) groups is 2. The molecule has 0 saturated carbocycles. The molecular formula is C16H16Cl2O2. The van der Waals surface area contributed by atoms with Crippen molar-refractivity contribution in [2.75, 3.05) is 0 Å². The molecule has 0 saturated heterocycles. The molecule has 0 bridgehead atoms. The van der Waals surface area contributed by atoms with Crippen LogP contribution < -0.4 is 0 Å². The minimum Gasteiger partial charge on any atom is -0.298 e. The standard InChI is InChI=1S/2C7H5ClO.C2H6/c2*8-7-3-1-6(5-9)2-4-7;1-2/h2*1-5H;1-2H3. The summed E-state index contributed by atoms with van der Waals surface area (Å²) < 4.78 is 0. The van der Waals surface area contributed by atoms with Crippen LogP contribution in [-0.4, -0.2) is 12.6 Å². The third-order valence-electron chi connectivity index (χ3n) is 2.01.